The fourth-order valence-corrected chi connectivity index (χ4v) is 3.90. The van der Waals surface area contributed by atoms with Crippen LogP contribution in [0.5, 0.6) is 5.88 Å². The van der Waals surface area contributed by atoms with Crippen LogP contribution in [-0.2, 0) is 0 Å². The Bertz CT molecular complexity index is 1250. The molecule has 4 aromatic rings. The zero-order chi connectivity index (χ0) is 21.2. The summed E-state index contributed by atoms with van der Waals surface area (Å²) in [6.45, 7) is 11.9. The summed E-state index contributed by atoms with van der Waals surface area (Å²) in [4.78, 5) is 8.42. The molecule has 0 spiro atoms. The Labute approximate surface area is 180 Å². The molecule has 1 fully saturated rings. The third kappa shape index (κ3) is 3.74. The Kier molecular flexibility index (Phi) is 5.06. The van der Waals surface area contributed by atoms with Gasteiger partial charge in [0.2, 0.25) is 5.65 Å². The summed E-state index contributed by atoms with van der Waals surface area (Å²) in [5, 5.41) is 11.8. The zero-order valence-corrected chi connectivity index (χ0v) is 17.2. The van der Waals surface area contributed by atoms with Crippen molar-refractivity contribution in [3.8, 4) is 28.4 Å². The number of aromatic nitrogens is 4. The van der Waals surface area contributed by atoms with E-state index in [9.17, 15) is 0 Å². The standard InChI is InChI=1S/C24H22N6O/c1-16-3-5-19(6-4-16)22-21(18-7-9-20(25-2)10-8-18)28-24(23-29-27-15-30(22)23)31-14-17-11-12-26-13-17/h3-10,15,17,26H,11-14H2,1H3/t17-/m1/s1. The van der Waals surface area contributed by atoms with Gasteiger partial charge in [-0.3, -0.25) is 4.40 Å². The van der Waals surface area contributed by atoms with Crippen LogP contribution in [0.25, 0.3) is 33.0 Å². The average molecular weight is 410 g/mol. The molecule has 1 aliphatic rings. The van der Waals surface area contributed by atoms with E-state index < -0.39 is 0 Å². The molecule has 154 valence electrons. The Hall–Kier alpha value is -3.76. The SMILES string of the molecule is [C-]#[N+]c1ccc(-c2nc(OC[C@@H]3CCNC3)c3nncn3c2-c2ccc(C)cc2)cc1. The van der Waals surface area contributed by atoms with Crippen LogP contribution in [0.2, 0.25) is 0 Å². The third-order valence-corrected chi connectivity index (χ3v) is 5.63. The number of nitrogens with one attached hydrogen (secondary N) is 1. The highest BCUT2D eigenvalue weighted by Crippen LogP contribution is 2.35. The lowest BCUT2D eigenvalue weighted by Crippen LogP contribution is -2.16. The first-order valence-electron chi connectivity index (χ1n) is 10.3. The van der Waals surface area contributed by atoms with E-state index in [0.717, 1.165) is 42.0 Å². The van der Waals surface area contributed by atoms with Gasteiger partial charge in [-0.2, -0.15) is 0 Å². The van der Waals surface area contributed by atoms with Gasteiger partial charge in [0.15, 0.2) is 5.69 Å². The van der Waals surface area contributed by atoms with Crippen molar-refractivity contribution in [2.24, 2.45) is 5.92 Å². The number of aryl methyl sites for hydroxylation is 1. The van der Waals surface area contributed by atoms with Gasteiger partial charge >= 0.3 is 0 Å². The van der Waals surface area contributed by atoms with Crippen molar-refractivity contribution in [1.29, 1.82) is 0 Å². The minimum Gasteiger partial charge on any atom is -0.475 e. The highest BCUT2D eigenvalue weighted by atomic mass is 16.5. The molecule has 7 heteroatoms. The molecule has 0 unspecified atom stereocenters. The van der Waals surface area contributed by atoms with Crippen LogP contribution in [0.15, 0.2) is 54.9 Å². The molecule has 0 amide bonds. The highest BCUT2D eigenvalue weighted by molar-refractivity contribution is 5.82. The molecule has 1 saturated heterocycles. The molecular formula is C24H22N6O. The minimum absolute atomic E-state index is 0.461. The largest absolute Gasteiger partial charge is 0.475 e. The van der Waals surface area contributed by atoms with Crippen molar-refractivity contribution in [2.45, 2.75) is 13.3 Å². The zero-order valence-electron chi connectivity index (χ0n) is 17.2. The van der Waals surface area contributed by atoms with Gasteiger partial charge < -0.3 is 10.1 Å². The van der Waals surface area contributed by atoms with Crippen LogP contribution in [-0.4, -0.2) is 39.3 Å². The fraction of sp³-hybridized carbons (Fsp3) is 0.250. The minimum atomic E-state index is 0.461. The van der Waals surface area contributed by atoms with Crippen LogP contribution < -0.4 is 10.1 Å². The van der Waals surface area contributed by atoms with Crippen LogP contribution in [0.1, 0.15) is 12.0 Å². The Morgan fingerprint density at radius 3 is 2.61 bits per heavy atom. The first-order chi connectivity index (χ1) is 15.2. The van der Waals surface area contributed by atoms with Crippen molar-refractivity contribution in [1.82, 2.24) is 24.9 Å². The molecule has 31 heavy (non-hydrogen) atoms. The number of hydrogen-bond acceptors (Lipinski definition) is 5. The molecular weight excluding hydrogens is 388 g/mol. The molecule has 0 saturated carbocycles. The molecule has 1 N–H and O–H groups in total. The first-order valence-corrected chi connectivity index (χ1v) is 10.3. The number of ether oxygens (including phenoxy) is 1. The molecule has 1 atom stereocenters. The molecule has 0 bridgehead atoms. The molecule has 2 aromatic carbocycles. The van der Waals surface area contributed by atoms with Gasteiger partial charge in [-0.25, -0.2) is 9.83 Å². The van der Waals surface area contributed by atoms with Gasteiger partial charge in [-0.1, -0.05) is 54.1 Å². The summed E-state index contributed by atoms with van der Waals surface area (Å²) >= 11 is 0. The highest BCUT2D eigenvalue weighted by Gasteiger charge is 2.21. The number of benzene rings is 2. The summed E-state index contributed by atoms with van der Waals surface area (Å²) in [5.74, 6) is 0.937. The summed E-state index contributed by atoms with van der Waals surface area (Å²) in [7, 11) is 0. The summed E-state index contributed by atoms with van der Waals surface area (Å²) in [6, 6.07) is 15.8. The van der Waals surface area contributed by atoms with Crippen LogP contribution in [0.4, 0.5) is 5.69 Å². The molecule has 3 heterocycles. The van der Waals surface area contributed by atoms with E-state index in [2.05, 4.69) is 51.5 Å². The van der Waals surface area contributed by atoms with E-state index in [4.69, 9.17) is 16.3 Å². The van der Waals surface area contributed by atoms with E-state index >= 15 is 0 Å². The van der Waals surface area contributed by atoms with E-state index in [-0.39, 0.29) is 0 Å². The molecule has 7 nitrogen and oxygen atoms in total. The molecule has 2 aromatic heterocycles. The van der Waals surface area contributed by atoms with Gasteiger partial charge in [0.25, 0.3) is 5.88 Å². The number of hydrogen-bond donors (Lipinski definition) is 1. The maximum atomic E-state index is 7.24. The number of nitrogens with zero attached hydrogens (tertiary/aromatic N) is 5. The first kappa shape index (κ1) is 19.2. The third-order valence-electron chi connectivity index (χ3n) is 5.63. The van der Waals surface area contributed by atoms with Crippen molar-refractivity contribution < 1.29 is 4.74 Å². The van der Waals surface area contributed by atoms with E-state index in [1.54, 1.807) is 6.33 Å². The number of fused-ring (bicyclic) bond motifs is 1. The maximum absolute atomic E-state index is 7.24. The predicted octanol–water partition coefficient (Wildman–Crippen LogP) is 4.31. The van der Waals surface area contributed by atoms with Gasteiger partial charge in [-0.15, -0.1) is 10.2 Å². The maximum Gasteiger partial charge on any atom is 0.260 e. The lowest BCUT2D eigenvalue weighted by Gasteiger charge is -2.16. The molecule has 0 aliphatic carbocycles. The van der Waals surface area contributed by atoms with Gasteiger partial charge in [-0.05, 0) is 25.5 Å². The molecule has 5 rings (SSSR count). The average Bonchev–Trinajstić information content (AvgIpc) is 3.50. The van der Waals surface area contributed by atoms with E-state index in [0.29, 0.717) is 29.7 Å². The monoisotopic (exact) mass is 410 g/mol. The summed E-state index contributed by atoms with van der Waals surface area (Å²) in [5.41, 5.74) is 5.96. The lowest BCUT2D eigenvalue weighted by molar-refractivity contribution is 0.253. The Balaban J connectivity index is 1.67. The fourth-order valence-electron chi connectivity index (χ4n) is 3.90. The van der Waals surface area contributed by atoms with Gasteiger partial charge in [0.1, 0.15) is 6.33 Å². The number of rotatable bonds is 5. The lowest BCUT2D eigenvalue weighted by atomic mass is 10.0. The summed E-state index contributed by atoms with van der Waals surface area (Å²) < 4.78 is 8.10. The Morgan fingerprint density at radius 1 is 1.13 bits per heavy atom. The van der Waals surface area contributed by atoms with Crippen LogP contribution >= 0.6 is 0 Å². The quantitative estimate of drug-likeness (QED) is 0.497. The van der Waals surface area contributed by atoms with Gasteiger partial charge in [0.05, 0.1) is 24.6 Å². The normalized spacial score (nSPS) is 15.8. The summed E-state index contributed by atoms with van der Waals surface area (Å²) in [6.07, 6.45) is 2.79. The van der Waals surface area contributed by atoms with Crippen molar-refractivity contribution in [3.63, 3.8) is 0 Å². The Morgan fingerprint density at radius 2 is 1.90 bits per heavy atom. The van der Waals surface area contributed by atoms with Gasteiger partial charge in [0, 0.05) is 18.0 Å². The van der Waals surface area contributed by atoms with Crippen molar-refractivity contribution in [2.75, 3.05) is 19.7 Å². The van der Waals surface area contributed by atoms with Crippen molar-refractivity contribution >= 4 is 11.3 Å². The topological polar surface area (TPSA) is 68.7 Å². The van der Waals surface area contributed by atoms with Crippen molar-refractivity contribution in [3.05, 3.63) is 71.8 Å². The van der Waals surface area contributed by atoms with Crippen LogP contribution in [0, 0.1) is 19.4 Å². The van der Waals surface area contributed by atoms with Crippen LogP contribution in [0.3, 0.4) is 0 Å². The molecule has 0 radical (unpaired) electrons. The second kappa shape index (κ2) is 8.17. The second-order valence-electron chi connectivity index (χ2n) is 7.83. The second-order valence-corrected chi connectivity index (χ2v) is 7.83. The van der Waals surface area contributed by atoms with E-state index in [1.165, 1.54) is 5.56 Å². The smallest absolute Gasteiger partial charge is 0.260 e. The van der Waals surface area contributed by atoms with E-state index in [1.807, 2.05) is 28.7 Å². The molecule has 1 aliphatic heterocycles. The predicted molar refractivity (Wildman–Crippen MR) is 119 cm³/mol.